The summed E-state index contributed by atoms with van der Waals surface area (Å²) >= 11 is 1.63. The highest BCUT2D eigenvalue weighted by Gasteiger charge is 2.26. The minimum Gasteiger partial charge on any atom is -0.385 e. The Kier molecular flexibility index (Phi) is 5.59. The lowest BCUT2D eigenvalue weighted by molar-refractivity contribution is 0.234. The molecule has 0 aliphatic rings. The van der Waals surface area contributed by atoms with E-state index in [-0.39, 0.29) is 10.3 Å². The summed E-state index contributed by atoms with van der Waals surface area (Å²) in [5, 5.41) is 6.24. The van der Waals surface area contributed by atoms with E-state index in [1.807, 2.05) is 5.38 Å². The predicted molar refractivity (Wildman–Crippen MR) is 92.6 cm³/mol. The summed E-state index contributed by atoms with van der Waals surface area (Å²) in [5.74, 6) is -3.40. The van der Waals surface area contributed by atoms with E-state index in [0.29, 0.717) is 12.2 Å². The average molecular weight is 374 g/mol. The van der Waals surface area contributed by atoms with E-state index in [1.165, 1.54) is 24.3 Å². The quantitative estimate of drug-likeness (QED) is 0.827. The molecule has 4 nitrogen and oxygen atoms in total. The first-order valence-corrected chi connectivity index (χ1v) is 9.84. The van der Waals surface area contributed by atoms with Gasteiger partial charge in [-0.2, -0.15) is 8.78 Å². The highest BCUT2D eigenvalue weighted by molar-refractivity contribution is 7.91. The summed E-state index contributed by atoms with van der Waals surface area (Å²) in [6.45, 7) is 6.96. The average Bonchev–Trinajstić information content (AvgIpc) is 2.96. The Morgan fingerprint density at radius 3 is 2.33 bits per heavy atom. The molecule has 0 bridgehead atoms. The molecule has 24 heavy (non-hydrogen) atoms. The van der Waals surface area contributed by atoms with Crippen LogP contribution in [0.4, 0.5) is 14.5 Å². The number of nitrogens with zero attached hydrogens (tertiary/aromatic N) is 1. The first-order chi connectivity index (χ1) is 11.1. The van der Waals surface area contributed by atoms with Crippen molar-refractivity contribution in [2.45, 2.75) is 43.3 Å². The number of hydrogen-bond acceptors (Lipinski definition) is 5. The van der Waals surface area contributed by atoms with Gasteiger partial charge in [0.25, 0.3) is 0 Å². The van der Waals surface area contributed by atoms with Gasteiger partial charge in [-0.15, -0.1) is 11.3 Å². The molecule has 1 aromatic carbocycles. The lowest BCUT2D eigenvalue weighted by atomic mass is 9.98. The number of aromatic nitrogens is 1. The van der Waals surface area contributed by atoms with E-state index >= 15 is 0 Å². The van der Waals surface area contributed by atoms with Crippen LogP contribution in [-0.4, -0.2) is 25.7 Å². The first-order valence-electron chi connectivity index (χ1n) is 7.41. The van der Waals surface area contributed by atoms with Crippen molar-refractivity contribution < 1.29 is 17.2 Å². The van der Waals surface area contributed by atoms with Gasteiger partial charge >= 0.3 is 5.76 Å². The molecule has 1 aromatic heterocycles. The van der Waals surface area contributed by atoms with Crippen molar-refractivity contribution in [3.63, 3.8) is 0 Å². The molecule has 0 aliphatic carbocycles. The van der Waals surface area contributed by atoms with Crippen LogP contribution in [0.15, 0.2) is 34.5 Å². The molecule has 0 saturated heterocycles. The monoisotopic (exact) mass is 374 g/mol. The number of thiazole rings is 1. The lowest BCUT2D eigenvalue weighted by Gasteiger charge is -2.13. The van der Waals surface area contributed by atoms with Crippen molar-refractivity contribution in [3.05, 3.63) is 40.3 Å². The van der Waals surface area contributed by atoms with Gasteiger partial charge in [0.2, 0.25) is 9.84 Å². The van der Waals surface area contributed by atoms with Gasteiger partial charge in [-0.05, 0) is 24.3 Å². The highest BCUT2D eigenvalue weighted by atomic mass is 32.2. The third-order valence-electron chi connectivity index (χ3n) is 3.32. The fourth-order valence-electron chi connectivity index (χ4n) is 1.97. The molecular formula is C16H20F2N2O2S2. The number of hydrogen-bond donors (Lipinski definition) is 1. The molecule has 0 radical (unpaired) electrons. The van der Waals surface area contributed by atoms with Crippen LogP contribution < -0.4 is 5.32 Å². The molecule has 8 heteroatoms. The molecule has 0 aliphatic heterocycles. The van der Waals surface area contributed by atoms with Crippen molar-refractivity contribution in [3.8, 4) is 0 Å². The Morgan fingerprint density at radius 1 is 1.21 bits per heavy atom. The van der Waals surface area contributed by atoms with E-state index < -0.39 is 15.6 Å². The molecule has 0 spiro atoms. The zero-order valence-electron chi connectivity index (χ0n) is 13.7. The number of sulfone groups is 1. The van der Waals surface area contributed by atoms with Crippen molar-refractivity contribution >= 4 is 26.9 Å². The van der Waals surface area contributed by atoms with Crippen LogP contribution in [0.3, 0.4) is 0 Å². The van der Waals surface area contributed by atoms with Gasteiger partial charge in [-0.1, -0.05) is 20.8 Å². The third kappa shape index (κ3) is 4.51. The Bertz CT molecular complexity index is 779. The van der Waals surface area contributed by atoms with Crippen molar-refractivity contribution in [2.75, 3.05) is 11.9 Å². The highest BCUT2D eigenvalue weighted by Crippen LogP contribution is 2.25. The van der Waals surface area contributed by atoms with Crippen LogP contribution >= 0.6 is 11.3 Å². The topological polar surface area (TPSA) is 59.1 Å². The number of benzene rings is 1. The SMILES string of the molecule is CC(C)(C)c1nc(CCNc2ccc(S(=O)(=O)C(F)F)cc2)cs1. The van der Waals surface area contributed by atoms with Gasteiger partial charge in [-0.3, -0.25) is 0 Å². The number of halogens is 2. The zero-order chi connectivity index (χ0) is 18.0. The minimum atomic E-state index is -4.54. The maximum atomic E-state index is 12.5. The second-order valence-corrected chi connectivity index (χ2v) is 9.18. The van der Waals surface area contributed by atoms with Gasteiger partial charge in [0.15, 0.2) is 0 Å². The van der Waals surface area contributed by atoms with E-state index in [1.54, 1.807) is 11.3 Å². The van der Waals surface area contributed by atoms with Crippen molar-refractivity contribution in [1.82, 2.24) is 4.98 Å². The molecule has 132 valence electrons. The van der Waals surface area contributed by atoms with E-state index in [4.69, 9.17) is 0 Å². The van der Waals surface area contributed by atoms with Crippen LogP contribution in [0.5, 0.6) is 0 Å². The largest absolute Gasteiger partial charge is 0.385 e. The molecule has 1 heterocycles. The number of alkyl halides is 2. The lowest BCUT2D eigenvalue weighted by Crippen LogP contribution is -2.12. The maximum Gasteiger partial charge on any atom is 0.341 e. The second kappa shape index (κ2) is 7.14. The fraction of sp³-hybridized carbons (Fsp3) is 0.438. The number of rotatable bonds is 6. The van der Waals surface area contributed by atoms with Gasteiger partial charge < -0.3 is 5.32 Å². The molecule has 0 unspecified atom stereocenters. The molecule has 0 amide bonds. The summed E-state index contributed by atoms with van der Waals surface area (Å²) in [6, 6.07) is 5.34. The van der Waals surface area contributed by atoms with E-state index in [2.05, 4.69) is 31.1 Å². The summed E-state index contributed by atoms with van der Waals surface area (Å²) in [7, 11) is -4.54. The molecule has 0 fully saturated rings. The van der Waals surface area contributed by atoms with Gasteiger partial charge in [0.05, 0.1) is 15.6 Å². The standard InChI is InChI=1S/C16H20F2N2O2S2/c1-16(2,3)14-20-12(10-23-14)8-9-19-11-4-6-13(7-5-11)24(21,22)15(17)18/h4-7,10,15,19H,8-9H2,1-3H3. The molecule has 0 atom stereocenters. The van der Waals surface area contributed by atoms with Gasteiger partial charge in [-0.25, -0.2) is 13.4 Å². The first kappa shape index (κ1) is 18.8. The minimum absolute atomic E-state index is 0.0301. The molecular weight excluding hydrogens is 354 g/mol. The van der Waals surface area contributed by atoms with Gasteiger partial charge in [0.1, 0.15) is 0 Å². The Balaban J connectivity index is 1.93. The fourth-order valence-corrected chi connectivity index (χ4v) is 3.63. The van der Waals surface area contributed by atoms with E-state index in [0.717, 1.165) is 17.1 Å². The summed E-state index contributed by atoms with van der Waals surface area (Å²) < 4.78 is 47.6. The number of nitrogens with one attached hydrogen (secondary N) is 1. The normalized spacial score (nSPS) is 12.6. The molecule has 2 aromatic rings. The summed E-state index contributed by atoms with van der Waals surface area (Å²) in [5.41, 5.74) is 1.70. The number of anilines is 1. The summed E-state index contributed by atoms with van der Waals surface area (Å²) in [4.78, 5) is 4.22. The van der Waals surface area contributed by atoms with Crippen LogP contribution in [0.25, 0.3) is 0 Å². The predicted octanol–water partition coefficient (Wildman–Crippen LogP) is 4.09. The van der Waals surface area contributed by atoms with Crippen molar-refractivity contribution in [2.24, 2.45) is 0 Å². The Labute approximate surface area is 144 Å². The maximum absolute atomic E-state index is 12.5. The summed E-state index contributed by atoms with van der Waals surface area (Å²) in [6.07, 6.45) is 0.726. The Morgan fingerprint density at radius 2 is 1.83 bits per heavy atom. The van der Waals surface area contributed by atoms with Crippen molar-refractivity contribution in [1.29, 1.82) is 0 Å². The van der Waals surface area contributed by atoms with Crippen LogP contribution in [0.1, 0.15) is 31.5 Å². The van der Waals surface area contributed by atoms with Gasteiger partial charge in [0, 0.05) is 29.4 Å². The van der Waals surface area contributed by atoms with Crippen LogP contribution in [-0.2, 0) is 21.7 Å². The molecule has 1 N–H and O–H groups in total. The van der Waals surface area contributed by atoms with Crippen LogP contribution in [0, 0.1) is 0 Å². The van der Waals surface area contributed by atoms with E-state index in [9.17, 15) is 17.2 Å². The second-order valence-electron chi connectivity index (χ2n) is 6.40. The molecule has 0 saturated carbocycles. The Hall–Kier alpha value is -1.54. The molecule has 2 rings (SSSR count). The smallest absolute Gasteiger partial charge is 0.341 e. The zero-order valence-corrected chi connectivity index (χ0v) is 15.3. The van der Waals surface area contributed by atoms with Crippen LogP contribution in [0.2, 0.25) is 0 Å². The third-order valence-corrected chi connectivity index (χ3v) is 6.04.